The zero-order chi connectivity index (χ0) is 26.4. The predicted octanol–water partition coefficient (Wildman–Crippen LogP) is 3.34. The van der Waals surface area contributed by atoms with E-state index in [9.17, 15) is 14.4 Å². The van der Waals surface area contributed by atoms with E-state index in [2.05, 4.69) is 10.3 Å². The van der Waals surface area contributed by atoms with Gasteiger partial charge in [0.25, 0.3) is 0 Å². The first-order valence-electron chi connectivity index (χ1n) is 11.5. The molecule has 1 aromatic heterocycles. The van der Waals surface area contributed by atoms with Gasteiger partial charge in [-0.2, -0.15) is 0 Å². The molecule has 0 unspecified atom stereocenters. The molecule has 4 N–H and O–H groups in total. The van der Waals surface area contributed by atoms with Gasteiger partial charge in [0.1, 0.15) is 24.7 Å². The maximum absolute atomic E-state index is 13.0. The van der Waals surface area contributed by atoms with Gasteiger partial charge in [0.2, 0.25) is 0 Å². The first-order valence-corrected chi connectivity index (χ1v) is 11.5. The number of amides is 1. The average Bonchev–Trinajstić information content (AvgIpc) is 3.21. The normalized spacial score (nSPS) is 10.6. The van der Waals surface area contributed by atoms with Crippen LogP contribution in [0.15, 0.2) is 72.8 Å². The second kappa shape index (κ2) is 11.2. The van der Waals surface area contributed by atoms with Crippen LogP contribution in [-0.2, 0) is 27.3 Å². The Morgan fingerprint density at radius 2 is 1.62 bits per heavy atom. The Hall–Kier alpha value is -4.99. The average molecular weight is 500 g/mol. The fraction of sp³-hybridized carbons (Fsp3) is 0.148. The van der Waals surface area contributed by atoms with Gasteiger partial charge in [0.15, 0.2) is 5.78 Å². The van der Waals surface area contributed by atoms with Crippen molar-refractivity contribution in [2.45, 2.75) is 20.0 Å². The van der Waals surface area contributed by atoms with Crippen LogP contribution >= 0.6 is 0 Å². The summed E-state index contributed by atoms with van der Waals surface area (Å²) in [6, 6.07) is 20.4. The highest BCUT2D eigenvalue weighted by atomic mass is 16.5. The van der Waals surface area contributed by atoms with Gasteiger partial charge >= 0.3 is 12.1 Å². The number of alkyl carbamates (subject to hydrolysis) is 1. The number of aromatic nitrogens is 2. The van der Waals surface area contributed by atoms with E-state index in [0.29, 0.717) is 33.5 Å². The summed E-state index contributed by atoms with van der Waals surface area (Å²) in [5.74, 6) is 5.53. The Kier molecular flexibility index (Phi) is 7.58. The fourth-order valence-electron chi connectivity index (χ4n) is 3.64. The van der Waals surface area contributed by atoms with Crippen LogP contribution in [0.2, 0.25) is 0 Å². The molecule has 4 rings (SSSR count). The molecule has 37 heavy (non-hydrogen) atoms. The van der Waals surface area contributed by atoms with Crippen molar-refractivity contribution in [2.24, 2.45) is 0 Å². The van der Waals surface area contributed by atoms with Gasteiger partial charge in [-0.15, -0.1) is 0 Å². The van der Waals surface area contributed by atoms with E-state index >= 15 is 0 Å². The van der Waals surface area contributed by atoms with Crippen LogP contribution in [0.3, 0.4) is 0 Å². The third-order valence-corrected chi connectivity index (χ3v) is 5.51. The molecule has 1 heterocycles. The van der Waals surface area contributed by atoms with E-state index in [1.807, 2.05) is 30.3 Å². The van der Waals surface area contributed by atoms with Gasteiger partial charge in [-0.1, -0.05) is 54.6 Å². The lowest BCUT2D eigenvalue weighted by molar-refractivity contribution is -0.142. The number of esters is 1. The molecule has 0 aliphatic rings. The SMILES string of the molecule is CCOC(=O)Cc1nc2cc(C(=O)c3ccc(C(=N)NC(=O)OCc4ccccc4)cc3)ccc2n1N. The van der Waals surface area contributed by atoms with Crippen molar-refractivity contribution in [1.82, 2.24) is 15.0 Å². The molecule has 4 aromatic rings. The van der Waals surface area contributed by atoms with Gasteiger partial charge in [0.05, 0.1) is 17.6 Å². The van der Waals surface area contributed by atoms with Crippen LogP contribution < -0.4 is 11.2 Å². The molecule has 0 aliphatic carbocycles. The second-order valence-electron chi connectivity index (χ2n) is 8.05. The van der Waals surface area contributed by atoms with Crippen LogP contribution in [0.25, 0.3) is 11.0 Å². The summed E-state index contributed by atoms with van der Waals surface area (Å²) in [6.07, 6.45) is -0.826. The number of ether oxygens (including phenoxy) is 2. The minimum absolute atomic E-state index is 0.0798. The monoisotopic (exact) mass is 499 g/mol. The molecule has 0 saturated heterocycles. The molecular formula is C27H25N5O5. The lowest BCUT2D eigenvalue weighted by atomic mass is 10.0. The van der Waals surface area contributed by atoms with Gasteiger partial charge in [-0.3, -0.25) is 20.3 Å². The third-order valence-electron chi connectivity index (χ3n) is 5.51. The van der Waals surface area contributed by atoms with E-state index in [0.717, 1.165) is 5.56 Å². The predicted molar refractivity (Wildman–Crippen MR) is 137 cm³/mol. The molecule has 10 heteroatoms. The van der Waals surface area contributed by atoms with E-state index in [1.165, 1.54) is 4.68 Å². The van der Waals surface area contributed by atoms with Gasteiger partial charge in [-0.05, 0) is 30.7 Å². The number of hydrogen-bond donors (Lipinski definition) is 3. The summed E-state index contributed by atoms with van der Waals surface area (Å²) in [5, 5.41) is 10.5. The molecular weight excluding hydrogens is 474 g/mol. The standard InChI is InChI=1S/C27H25N5O5/c1-2-36-24(33)15-23-30-21-14-20(12-13-22(21)32(23)29)25(34)18-8-10-19(11-9-18)26(28)31-27(35)37-16-17-6-4-3-5-7-17/h3-14H,2,15-16,29H2,1H3,(H2,28,31,35). The fourth-order valence-corrected chi connectivity index (χ4v) is 3.64. The van der Waals surface area contributed by atoms with Gasteiger partial charge < -0.3 is 15.3 Å². The minimum Gasteiger partial charge on any atom is -0.466 e. The molecule has 0 radical (unpaired) electrons. The lowest BCUT2D eigenvalue weighted by Crippen LogP contribution is -2.31. The highest BCUT2D eigenvalue weighted by Gasteiger charge is 2.17. The van der Waals surface area contributed by atoms with Crippen LogP contribution in [-0.4, -0.2) is 39.9 Å². The Morgan fingerprint density at radius 3 is 2.32 bits per heavy atom. The lowest BCUT2D eigenvalue weighted by Gasteiger charge is -2.09. The number of imidazole rings is 1. The zero-order valence-electron chi connectivity index (χ0n) is 20.1. The first-order chi connectivity index (χ1) is 17.9. The molecule has 1 amide bonds. The number of nitrogen functional groups attached to an aromatic ring is 1. The van der Waals surface area contributed by atoms with Crippen molar-refractivity contribution in [2.75, 3.05) is 12.4 Å². The molecule has 10 nitrogen and oxygen atoms in total. The topological polar surface area (TPSA) is 149 Å². The quantitative estimate of drug-likeness (QED) is 0.111. The molecule has 0 fully saturated rings. The summed E-state index contributed by atoms with van der Waals surface area (Å²) in [5.41, 5.74) is 3.07. The number of carbonyl (C=O) groups is 3. The molecule has 188 valence electrons. The maximum Gasteiger partial charge on any atom is 0.413 e. The van der Waals surface area contributed by atoms with Crippen LogP contribution in [0.5, 0.6) is 0 Å². The zero-order valence-corrected chi connectivity index (χ0v) is 20.1. The van der Waals surface area contributed by atoms with Gasteiger partial charge in [0, 0.05) is 16.7 Å². The van der Waals surface area contributed by atoms with Crippen LogP contribution in [0.4, 0.5) is 4.79 Å². The minimum atomic E-state index is -0.746. The molecule has 0 atom stereocenters. The Bertz CT molecular complexity index is 1460. The number of nitrogens with zero attached hydrogens (tertiary/aromatic N) is 2. The van der Waals surface area contributed by atoms with Crippen molar-refractivity contribution < 1.29 is 23.9 Å². The van der Waals surface area contributed by atoms with Crippen molar-refractivity contribution >= 4 is 34.7 Å². The number of ketones is 1. The highest BCUT2D eigenvalue weighted by Crippen LogP contribution is 2.19. The Labute approximate surface area is 212 Å². The first kappa shape index (κ1) is 25.1. The van der Waals surface area contributed by atoms with Crippen molar-refractivity contribution in [3.63, 3.8) is 0 Å². The maximum atomic E-state index is 13.0. The summed E-state index contributed by atoms with van der Waals surface area (Å²) < 4.78 is 11.4. The molecule has 0 bridgehead atoms. The number of fused-ring (bicyclic) bond motifs is 1. The summed E-state index contributed by atoms with van der Waals surface area (Å²) in [4.78, 5) is 41.2. The second-order valence-corrected chi connectivity index (χ2v) is 8.05. The number of hydrogen-bond acceptors (Lipinski definition) is 8. The largest absolute Gasteiger partial charge is 0.466 e. The summed E-state index contributed by atoms with van der Waals surface area (Å²) in [7, 11) is 0. The highest BCUT2D eigenvalue weighted by molar-refractivity contribution is 6.11. The molecule has 3 aromatic carbocycles. The van der Waals surface area contributed by atoms with Crippen molar-refractivity contribution in [3.8, 4) is 0 Å². The van der Waals surface area contributed by atoms with Crippen molar-refractivity contribution in [1.29, 1.82) is 5.41 Å². The van der Waals surface area contributed by atoms with E-state index in [-0.39, 0.29) is 31.3 Å². The number of benzene rings is 3. The Balaban J connectivity index is 1.41. The van der Waals surface area contributed by atoms with E-state index in [4.69, 9.17) is 20.7 Å². The summed E-state index contributed by atoms with van der Waals surface area (Å²) >= 11 is 0. The molecule has 0 aliphatic heterocycles. The van der Waals surface area contributed by atoms with E-state index < -0.39 is 12.1 Å². The molecule has 0 spiro atoms. The smallest absolute Gasteiger partial charge is 0.413 e. The summed E-state index contributed by atoms with van der Waals surface area (Å²) in [6.45, 7) is 2.06. The number of carbonyl (C=O) groups excluding carboxylic acids is 3. The molecule has 0 saturated carbocycles. The number of amidine groups is 1. The van der Waals surface area contributed by atoms with Gasteiger partial charge in [-0.25, -0.2) is 14.5 Å². The van der Waals surface area contributed by atoms with Crippen molar-refractivity contribution in [3.05, 3.63) is 101 Å². The third kappa shape index (κ3) is 5.99. The number of nitrogens with one attached hydrogen (secondary N) is 2. The van der Waals surface area contributed by atoms with Crippen LogP contribution in [0, 0.1) is 5.41 Å². The van der Waals surface area contributed by atoms with Crippen LogP contribution in [0.1, 0.15) is 39.8 Å². The number of nitrogens with two attached hydrogens (primary N) is 1. The van der Waals surface area contributed by atoms with E-state index in [1.54, 1.807) is 49.4 Å². The Morgan fingerprint density at radius 1 is 0.946 bits per heavy atom. The number of rotatable bonds is 8.